The van der Waals surface area contributed by atoms with Gasteiger partial charge in [0.2, 0.25) is 0 Å². The third-order valence-corrected chi connectivity index (χ3v) is 4.90. The molecule has 0 amide bonds. The predicted molar refractivity (Wildman–Crippen MR) is 68.1 cm³/mol. The second-order valence-corrected chi connectivity index (χ2v) is 5.42. The molecule has 4 heteroatoms. The van der Waals surface area contributed by atoms with E-state index in [-0.39, 0.29) is 0 Å². The highest BCUT2D eigenvalue weighted by Gasteiger charge is 1.88. The van der Waals surface area contributed by atoms with Gasteiger partial charge in [0.05, 0.1) is 8.47 Å². The van der Waals surface area contributed by atoms with Gasteiger partial charge in [0, 0.05) is 0 Å². The van der Waals surface area contributed by atoms with Crippen LogP contribution in [0.5, 0.6) is 0 Å². The molecule has 0 N–H and O–H groups in total. The van der Waals surface area contributed by atoms with Crippen LogP contribution in [0, 0.1) is 0 Å². The van der Waals surface area contributed by atoms with E-state index >= 15 is 0 Å². The van der Waals surface area contributed by atoms with Crippen LogP contribution in [0.1, 0.15) is 0 Å². The van der Waals surface area contributed by atoms with Crippen LogP contribution < -0.4 is 0 Å². The molecule has 0 aliphatic carbocycles. The van der Waals surface area contributed by atoms with Crippen molar-refractivity contribution >= 4 is 47.0 Å². The van der Waals surface area contributed by atoms with Gasteiger partial charge in [-0.2, -0.15) is 0 Å². The number of thioether (sulfide) groups is 4. The molecule has 0 fully saturated rings. The molecular weight excluding hydrogens is 224 g/mol. The van der Waals surface area contributed by atoms with Crippen LogP contribution >= 0.6 is 47.0 Å². The van der Waals surface area contributed by atoms with E-state index in [1.54, 1.807) is 47.0 Å². The molecule has 0 rings (SSSR count). The fourth-order valence-corrected chi connectivity index (χ4v) is 2.42. The molecule has 0 aliphatic heterocycles. The molecule has 0 bridgehead atoms. The van der Waals surface area contributed by atoms with E-state index in [2.05, 4.69) is 36.5 Å². The fraction of sp³-hybridized carbons (Fsp3) is 0.500. The second-order valence-electron chi connectivity index (χ2n) is 1.64. The van der Waals surface area contributed by atoms with Crippen LogP contribution in [0.2, 0.25) is 0 Å². The van der Waals surface area contributed by atoms with E-state index in [0.29, 0.717) is 0 Å². The van der Waals surface area contributed by atoms with Crippen LogP contribution in [-0.4, -0.2) is 25.0 Å². The molecule has 12 heavy (non-hydrogen) atoms. The summed E-state index contributed by atoms with van der Waals surface area (Å²) in [7, 11) is 0. The fourth-order valence-electron chi connectivity index (χ4n) is 0.473. The quantitative estimate of drug-likeness (QED) is 0.679. The first-order valence-corrected chi connectivity index (χ1v) is 8.10. The zero-order chi connectivity index (χ0) is 9.40. The average molecular weight is 236 g/mol. The van der Waals surface area contributed by atoms with Crippen molar-refractivity contribution in [2.24, 2.45) is 0 Å². The zero-order valence-electron chi connectivity index (χ0n) is 7.63. The maximum absolute atomic E-state index is 3.13. The highest BCUT2D eigenvalue weighted by molar-refractivity contribution is 8.22. The smallest absolute Gasteiger partial charge is 0.0903 e. The topological polar surface area (TPSA) is 0 Å². The average Bonchev–Trinajstić information content (AvgIpc) is 2.13. The minimum Gasteiger partial charge on any atom is -0.114 e. The van der Waals surface area contributed by atoms with Gasteiger partial charge in [-0.05, 0) is 36.5 Å². The Hall–Kier alpha value is 0.700. The second kappa shape index (κ2) is 8.31. The number of hydrogen-bond donors (Lipinski definition) is 0. The van der Waals surface area contributed by atoms with Crippen LogP contribution in [0.15, 0.2) is 19.9 Å². The molecule has 0 aromatic carbocycles. The first-order chi connectivity index (χ1) is 5.78. The van der Waals surface area contributed by atoms with Crippen molar-refractivity contribution in [3.8, 4) is 0 Å². The van der Waals surface area contributed by atoms with Gasteiger partial charge >= 0.3 is 0 Å². The van der Waals surface area contributed by atoms with Crippen LogP contribution in [0.3, 0.4) is 0 Å². The maximum Gasteiger partial charge on any atom is 0.0903 e. The summed E-state index contributed by atoms with van der Waals surface area (Å²) in [5.41, 5.74) is 6.27. The largest absolute Gasteiger partial charge is 0.114 e. The van der Waals surface area contributed by atoms with E-state index in [1.807, 2.05) is 0 Å². The molecule has 0 aromatic heterocycles. The summed E-state index contributed by atoms with van der Waals surface area (Å²) in [5, 5.41) is 0. The van der Waals surface area contributed by atoms with Gasteiger partial charge in [-0.25, -0.2) is 0 Å². The Morgan fingerprint density at radius 1 is 0.667 bits per heavy atom. The monoisotopic (exact) mass is 236 g/mol. The van der Waals surface area contributed by atoms with E-state index in [0.717, 1.165) is 0 Å². The molecule has 0 saturated carbocycles. The molecule has 0 spiro atoms. The Labute approximate surface area is 91.7 Å². The minimum absolute atomic E-state index is 1.18. The molecule has 0 saturated heterocycles. The Morgan fingerprint density at radius 2 is 0.917 bits per heavy atom. The molecule has 0 radical (unpaired) electrons. The summed E-state index contributed by atoms with van der Waals surface area (Å²) in [6.07, 6.45) is 8.22. The Kier molecular flexibility index (Phi) is 8.79. The first-order valence-electron chi connectivity index (χ1n) is 3.20. The summed E-state index contributed by atoms with van der Waals surface area (Å²) >= 11 is 6.83. The van der Waals surface area contributed by atoms with Gasteiger partial charge in [-0.15, -0.1) is 47.0 Å². The lowest BCUT2D eigenvalue weighted by atomic mass is 10.8. The van der Waals surface area contributed by atoms with Crippen molar-refractivity contribution in [1.82, 2.24) is 0 Å². The van der Waals surface area contributed by atoms with Crippen molar-refractivity contribution in [2.45, 2.75) is 0 Å². The van der Waals surface area contributed by atoms with Crippen molar-refractivity contribution < 1.29 is 0 Å². The lowest BCUT2D eigenvalue weighted by Gasteiger charge is -1.91. The lowest BCUT2D eigenvalue weighted by molar-refractivity contribution is 2.18. The van der Waals surface area contributed by atoms with E-state index in [9.17, 15) is 0 Å². The van der Waals surface area contributed by atoms with Crippen molar-refractivity contribution in [3.05, 3.63) is 19.9 Å². The SMILES string of the molecule is CSC(=C=C=C(SC)SC)SC. The van der Waals surface area contributed by atoms with Gasteiger partial charge < -0.3 is 0 Å². The molecule has 0 heterocycles. The molecule has 0 aliphatic rings. The van der Waals surface area contributed by atoms with Crippen molar-refractivity contribution in [2.75, 3.05) is 25.0 Å². The van der Waals surface area contributed by atoms with Crippen molar-refractivity contribution in [1.29, 1.82) is 0 Å². The lowest BCUT2D eigenvalue weighted by Crippen LogP contribution is -1.61. The van der Waals surface area contributed by atoms with E-state index < -0.39 is 0 Å². The Bertz CT molecular complexity index is 183. The number of hydrogen-bond acceptors (Lipinski definition) is 4. The van der Waals surface area contributed by atoms with Crippen LogP contribution in [0.4, 0.5) is 0 Å². The molecule has 0 unspecified atom stereocenters. The highest BCUT2D eigenvalue weighted by atomic mass is 32.2. The summed E-state index contributed by atoms with van der Waals surface area (Å²) < 4.78 is 2.35. The summed E-state index contributed by atoms with van der Waals surface area (Å²) in [6.45, 7) is 0. The summed E-state index contributed by atoms with van der Waals surface area (Å²) in [4.78, 5) is 0. The molecular formula is C8H12S4. The first kappa shape index (κ1) is 12.7. The van der Waals surface area contributed by atoms with Gasteiger partial charge in [0.1, 0.15) is 0 Å². The van der Waals surface area contributed by atoms with Gasteiger partial charge in [-0.1, -0.05) is 0 Å². The van der Waals surface area contributed by atoms with Gasteiger partial charge in [0.25, 0.3) is 0 Å². The Balaban J connectivity index is 4.71. The summed E-state index contributed by atoms with van der Waals surface area (Å²) in [6, 6.07) is 0. The normalized spacial score (nSPS) is 8.67. The van der Waals surface area contributed by atoms with Gasteiger partial charge in [0.15, 0.2) is 0 Å². The third-order valence-electron chi connectivity index (χ3n) is 1.01. The third kappa shape index (κ3) is 5.36. The minimum atomic E-state index is 1.18. The van der Waals surface area contributed by atoms with Crippen LogP contribution in [-0.2, 0) is 0 Å². The van der Waals surface area contributed by atoms with Gasteiger partial charge in [-0.3, -0.25) is 0 Å². The van der Waals surface area contributed by atoms with E-state index in [4.69, 9.17) is 0 Å². The molecule has 68 valence electrons. The van der Waals surface area contributed by atoms with Crippen molar-refractivity contribution in [3.63, 3.8) is 0 Å². The molecule has 0 nitrogen and oxygen atoms in total. The van der Waals surface area contributed by atoms with Crippen LogP contribution in [0.25, 0.3) is 0 Å². The highest BCUT2D eigenvalue weighted by Crippen LogP contribution is 2.24. The predicted octanol–water partition coefficient (Wildman–Crippen LogP) is 3.88. The summed E-state index contributed by atoms with van der Waals surface area (Å²) in [5.74, 6) is 0. The maximum atomic E-state index is 3.13. The zero-order valence-corrected chi connectivity index (χ0v) is 10.9. The standard InChI is InChI=1S/C8H12S4/c1-9-7(10-2)5-6-8(11-3)12-4/h1-4H3. The Morgan fingerprint density at radius 3 is 1.08 bits per heavy atom. The molecule has 0 atom stereocenters. The van der Waals surface area contributed by atoms with E-state index in [1.165, 1.54) is 8.47 Å². The molecule has 0 aromatic rings. The number of rotatable bonds is 4.